The van der Waals surface area contributed by atoms with Crippen molar-refractivity contribution in [2.75, 3.05) is 7.05 Å². The summed E-state index contributed by atoms with van der Waals surface area (Å²) in [6.45, 7) is 1.33. The van der Waals surface area contributed by atoms with Crippen molar-refractivity contribution in [3.05, 3.63) is 29.8 Å². The Morgan fingerprint density at radius 2 is 1.82 bits per heavy atom. The molecule has 0 aliphatic heterocycles. The van der Waals surface area contributed by atoms with E-state index in [1.165, 1.54) is 32.2 Å². The molecular weight excluding hydrogens is 386 g/mol. The lowest BCUT2D eigenvalue weighted by atomic mass is 9.96. The smallest absolute Gasteiger partial charge is 0.338 e. The summed E-state index contributed by atoms with van der Waals surface area (Å²) in [4.78, 5) is 36.1. The molecule has 1 atom stereocenters. The van der Waals surface area contributed by atoms with Crippen LogP contribution >= 0.6 is 0 Å². The van der Waals surface area contributed by atoms with E-state index in [4.69, 9.17) is 4.74 Å². The molecule has 3 amide bonds. The number of rotatable bonds is 6. The molecule has 0 radical (unpaired) electrons. The fraction of sp³-hybridized carbons (Fsp3) is 0.500. The standard InChI is InChI=1S/C18H25N3O6S/c1-12(16(22)21-18(24)20-14-8-4-3-5-9-14)27-17(23)13-7-6-10-15(11-13)28(25,26)19-2/h6-7,10-12,14,19H,3-5,8-9H2,1-2H3,(H2,20,21,22,24)/t12-/m0/s1. The van der Waals surface area contributed by atoms with E-state index >= 15 is 0 Å². The van der Waals surface area contributed by atoms with Crippen molar-refractivity contribution in [2.45, 2.75) is 56.1 Å². The van der Waals surface area contributed by atoms with Gasteiger partial charge in [-0.15, -0.1) is 0 Å². The van der Waals surface area contributed by atoms with Gasteiger partial charge in [0.25, 0.3) is 5.91 Å². The summed E-state index contributed by atoms with van der Waals surface area (Å²) in [5.74, 6) is -1.64. The average molecular weight is 411 g/mol. The van der Waals surface area contributed by atoms with Gasteiger partial charge in [0.05, 0.1) is 10.5 Å². The Labute approximate surface area is 164 Å². The first kappa shape index (κ1) is 21.8. The second kappa shape index (κ2) is 9.65. The quantitative estimate of drug-likeness (QED) is 0.605. The fourth-order valence-electron chi connectivity index (χ4n) is 2.87. The topological polar surface area (TPSA) is 131 Å². The molecule has 1 saturated carbocycles. The number of amides is 3. The van der Waals surface area contributed by atoms with E-state index in [0.29, 0.717) is 0 Å². The molecule has 0 saturated heterocycles. The number of nitrogens with one attached hydrogen (secondary N) is 3. The molecule has 1 fully saturated rings. The molecule has 2 rings (SSSR count). The largest absolute Gasteiger partial charge is 0.449 e. The third kappa shape index (κ3) is 6.03. The van der Waals surface area contributed by atoms with Crippen molar-refractivity contribution in [1.29, 1.82) is 0 Å². The summed E-state index contributed by atoms with van der Waals surface area (Å²) in [6.07, 6.45) is 3.73. The summed E-state index contributed by atoms with van der Waals surface area (Å²) in [5, 5.41) is 4.89. The number of hydrogen-bond acceptors (Lipinski definition) is 6. The summed E-state index contributed by atoms with van der Waals surface area (Å²) >= 11 is 0. The van der Waals surface area contributed by atoms with Gasteiger partial charge < -0.3 is 10.1 Å². The van der Waals surface area contributed by atoms with Crippen molar-refractivity contribution < 1.29 is 27.5 Å². The molecule has 1 aliphatic carbocycles. The van der Waals surface area contributed by atoms with Gasteiger partial charge in [-0.05, 0) is 45.0 Å². The van der Waals surface area contributed by atoms with Crippen molar-refractivity contribution in [2.24, 2.45) is 0 Å². The number of carbonyl (C=O) groups is 3. The molecule has 1 aliphatic rings. The van der Waals surface area contributed by atoms with Gasteiger partial charge >= 0.3 is 12.0 Å². The maximum absolute atomic E-state index is 12.2. The number of imide groups is 1. The Kier molecular flexibility index (Phi) is 7.53. The lowest BCUT2D eigenvalue weighted by molar-refractivity contribution is -0.127. The van der Waals surface area contributed by atoms with Gasteiger partial charge in [-0.25, -0.2) is 22.7 Å². The lowest BCUT2D eigenvalue weighted by Crippen LogP contribution is -2.48. The van der Waals surface area contributed by atoms with Crippen LogP contribution in [-0.4, -0.2) is 45.5 Å². The minimum atomic E-state index is -3.72. The predicted octanol–water partition coefficient (Wildman–Crippen LogP) is 1.30. The molecule has 3 N–H and O–H groups in total. The molecule has 0 bridgehead atoms. The van der Waals surface area contributed by atoms with Crippen LogP contribution in [0.5, 0.6) is 0 Å². The Bertz CT molecular complexity index is 833. The number of hydrogen-bond donors (Lipinski definition) is 3. The van der Waals surface area contributed by atoms with E-state index in [2.05, 4.69) is 15.4 Å². The zero-order valence-corrected chi connectivity index (χ0v) is 16.7. The van der Waals surface area contributed by atoms with E-state index in [-0.39, 0.29) is 16.5 Å². The highest BCUT2D eigenvalue weighted by Gasteiger charge is 2.23. The van der Waals surface area contributed by atoms with Gasteiger partial charge in [0.15, 0.2) is 6.10 Å². The zero-order valence-electron chi connectivity index (χ0n) is 15.9. The summed E-state index contributed by atoms with van der Waals surface area (Å²) in [6, 6.07) is 4.65. The van der Waals surface area contributed by atoms with E-state index in [1.807, 2.05) is 0 Å². The maximum atomic E-state index is 12.2. The minimum Gasteiger partial charge on any atom is -0.449 e. The molecule has 1 aromatic rings. The Hall–Kier alpha value is -2.46. The average Bonchev–Trinajstić information content (AvgIpc) is 2.68. The Balaban J connectivity index is 1.91. The van der Waals surface area contributed by atoms with Gasteiger partial charge in [-0.3, -0.25) is 10.1 Å². The molecule has 28 heavy (non-hydrogen) atoms. The van der Waals surface area contributed by atoms with Crippen LogP contribution in [0.15, 0.2) is 29.2 Å². The molecular formula is C18H25N3O6S. The SMILES string of the molecule is CNS(=O)(=O)c1cccc(C(=O)O[C@@H](C)C(=O)NC(=O)NC2CCCCC2)c1. The van der Waals surface area contributed by atoms with Crippen LogP contribution in [0.1, 0.15) is 49.4 Å². The molecule has 0 unspecified atom stereocenters. The summed E-state index contributed by atoms with van der Waals surface area (Å²) in [7, 11) is -2.46. The molecule has 0 heterocycles. The zero-order chi connectivity index (χ0) is 20.7. The van der Waals surface area contributed by atoms with Crippen LogP contribution in [0.4, 0.5) is 4.79 Å². The predicted molar refractivity (Wildman–Crippen MR) is 101 cm³/mol. The summed E-state index contributed by atoms with van der Waals surface area (Å²) < 4.78 is 30.8. The highest BCUT2D eigenvalue weighted by molar-refractivity contribution is 7.89. The van der Waals surface area contributed by atoms with Gasteiger partial charge in [-0.1, -0.05) is 25.3 Å². The number of benzene rings is 1. The molecule has 9 nitrogen and oxygen atoms in total. The van der Waals surface area contributed by atoms with Crippen LogP contribution in [0.3, 0.4) is 0 Å². The van der Waals surface area contributed by atoms with Crippen LogP contribution in [0.25, 0.3) is 0 Å². The molecule has 0 aromatic heterocycles. The number of ether oxygens (including phenoxy) is 1. The third-order valence-electron chi connectivity index (χ3n) is 4.48. The first-order valence-corrected chi connectivity index (χ1v) is 10.6. The number of esters is 1. The second-order valence-electron chi connectivity index (χ2n) is 6.58. The van der Waals surface area contributed by atoms with Gasteiger partial charge in [-0.2, -0.15) is 0 Å². The highest BCUT2D eigenvalue weighted by Crippen LogP contribution is 2.17. The van der Waals surface area contributed by atoms with Crippen LogP contribution in [-0.2, 0) is 19.6 Å². The maximum Gasteiger partial charge on any atom is 0.338 e. The first-order chi connectivity index (χ1) is 13.2. The Morgan fingerprint density at radius 1 is 1.14 bits per heavy atom. The van der Waals surface area contributed by atoms with Crippen molar-refractivity contribution >= 4 is 27.9 Å². The van der Waals surface area contributed by atoms with Crippen LogP contribution in [0.2, 0.25) is 0 Å². The number of urea groups is 1. The third-order valence-corrected chi connectivity index (χ3v) is 5.89. The van der Waals surface area contributed by atoms with E-state index in [9.17, 15) is 22.8 Å². The molecule has 154 valence electrons. The lowest BCUT2D eigenvalue weighted by Gasteiger charge is -2.23. The van der Waals surface area contributed by atoms with E-state index in [1.54, 1.807) is 0 Å². The van der Waals surface area contributed by atoms with Gasteiger partial charge in [0.2, 0.25) is 10.0 Å². The van der Waals surface area contributed by atoms with Crippen molar-refractivity contribution in [1.82, 2.24) is 15.4 Å². The minimum absolute atomic E-state index is 0.0253. The van der Waals surface area contributed by atoms with Gasteiger partial charge in [0, 0.05) is 6.04 Å². The summed E-state index contributed by atoms with van der Waals surface area (Å²) in [5.41, 5.74) is -0.0253. The fourth-order valence-corrected chi connectivity index (χ4v) is 3.65. The molecule has 0 spiro atoms. The van der Waals surface area contributed by atoms with Crippen LogP contribution < -0.4 is 15.4 Å². The van der Waals surface area contributed by atoms with E-state index < -0.39 is 34.0 Å². The number of sulfonamides is 1. The Morgan fingerprint density at radius 3 is 2.46 bits per heavy atom. The van der Waals surface area contributed by atoms with E-state index in [0.717, 1.165) is 38.2 Å². The van der Waals surface area contributed by atoms with Crippen molar-refractivity contribution in [3.8, 4) is 0 Å². The van der Waals surface area contributed by atoms with Gasteiger partial charge in [0.1, 0.15) is 0 Å². The monoisotopic (exact) mass is 411 g/mol. The molecule has 1 aromatic carbocycles. The number of carbonyl (C=O) groups excluding carboxylic acids is 3. The normalized spacial score (nSPS) is 16.1. The highest BCUT2D eigenvalue weighted by atomic mass is 32.2. The van der Waals surface area contributed by atoms with Crippen molar-refractivity contribution in [3.63, 3.8) is 0 Å². The molecule has 10 heteroatoms. The second-order valence-corrected chi connectivity index (χ2v) is 8.47. The van der Waals surface area contributed by atoms with Crippen LogP contribution in [0, 0.1) is 0 Å². The first-order valence-electron chi connectivity index (χ1n) is 9.09.